The number of amides is 1. The van der Waals surface area contributed by atoms with E-state index < -0.39 is 6.04 Å². The number of hydrazine groups is 1. The van der Waals surface area contributed by atoms with Crippen molar-refractivity contribution in [2.45, 2.75) is 31.3 Å². The average molecular weight is 539 g/mol. The Morgan fingerprint density at radius 2 is 1.92 bits per heavy atom. The zero-order valence-electron chi connectivity index (χ0n) is 19.1. The number of hydrogen-bond donors (Lipinski definition) is 4. The topological polar surface area (TPSA) is 108 Å². The van der Waals surface area contributed by atoms with Crippen LogP contribution in [0.15, 0.2) is 54.9 Å². The maximum absolute atomic E-state index is 12.5. The molecule has 3 aromatic rings. The molecule has 8 nitrogen and oxygen atoms in total. The normalized spacial score (nSPS) is 18.4. The number of fused-ring (bicyclic) bond motifs is 2. The van der Waals surface area contributed by atoms with Gasteiger partial charge in [0.1, 0.15) is 0 Å². The van der Waals surface area contributed by atoms with Crippen molar-refractivity contribution in [3.63, 3.8) is 0 Å². The lowest BCUT2D eigenvalue weighted by atomic mass is 9.96. The van der Waals surface area contributed by atoms with Crippen molar-refractivity contribution < 1.29 is 9.59 Å². The van der Waals surface area contributed by atoms with Crippen LogP contribution in [0.1, 0.15) is 45.2 Å². The van der Waals surface area contributed by atoms with Gasteiger partial charge in [-0.05, 0) is 54.7 Å². The second kappa shape index (κ2) is 10.8. The van der Waals surface area contributed by atoms with E-state index >= 15 is 0 Å². The number of aryl methyl sites for hydroxylation is 2. The third kappa shape index (κ3) is 5.30. The standard InChI is InChI=1S/C25H23ClN6O2S2/c26-18-12-15(23(33)29-20-9-11-36-24(20)34)13-28-22(18)31-32-25(35)30-21-16-5-2-1-4-14(16)7-8-19-17(21)6-3-10-27-19/h1-6,10,12-13,20-21H,7-9,11H2,(H,28,31)(H,29,33)(H2,30,32,35)/t20-,21?/m1/s1. The summed E-state index contributed by atoms with van der Waals surface area (Å²) in [6, 6.07) is 13.2. The molecule has 1 unspecified atom stereocenters. The molecule has 1 aromatic carbocycles. The van der Waals surface area contributed by atoms with E-state index in [2.05, 4.69) is 49.7 Å². The highest BCUT2D eigenvalue weighted by Gasteiger charge is 2.27. The Morgan fingerprint density at radius 3 is 2.72 bits per heavy atom. The van der Waals surface area contributed by atoms with Crippen LogP contribution in [0.25, 0.3) is 0 Å². The molecule has 2 atom stereocenters. The molecule has 184 valence electrons. The first-order chi connectivity index (χ1) is 17.5. The quantitative estimate of drug-likeness (QED) is 0.286. The van der Waals surface area contributed by atoms with E-state index in [4.69, 9.17) is 23.8 Å². The summed E-state index contributed by atoms with van der Waals surface area (Å²) in [7, 11) is 0. The second-order valence-electron chi connectivity index (χ2n) is 8.43. The molecule has 1 fully saturated rings. The maximum Gasteiger partial charge on any atom is 0.253 e. The van der Waals surface area contributed by atoms with Crippen molar-refractivity contribution in [1.29, 1.82) is 0 Å². The second-order valence-corrected chi connectivity index (χ2v) is 10.3. The number of pyridine rings is 2. The van der Waals surface area contributed by atoms with Crippen molar-refractivity contribution in [2.75, 3.05) is 11.2 Å². The molecule has 0 bridgehead atoms. The fraction of sp³-hybridized carbons (Fsp3) is 0.240. The van der Waals surface area contributed by atoms with Crippen LogP contribution < -0.4 is 21.5 Å². The molecule has 2 aliphatic rings. The van der Waals surface area contributed by atoms with Gasteiger partial charge in [0.15, 0.2) is 10.9 Å². The van der Waals surface area contributed by atoms with Gasteiger partial charge in [-0.3, -0.25) is 25.4 Å². The highest BCUT2D eigenvalue weighted by Crippen LogP contribution is 2.31. The number of benzene rings is 1. The summed E-state index contributed by atoms with van der Waals surface area (Å²) in [4.78, 5) is 33.1. The van der Waals surface area contributed by atoms with Gasteiger partial charge in [-0.15, -0.1) is 0 Å². The van der Waals surface area contributed by atoms with E-state index in [0.717, 1.165) is 29.7 Å². The Labute approximate surface area is 223 Å². The summed E-state index contributed by atoms with van der Waals surface area (Å²) >= 11 is 13.2. The molecule has 2 aromatic heterocycles. The number of nitrogens with one attached hydrogen (secondary N) is 4. The molecule has 1 aliphatic carbocycles. The minimum atomic E-state index is -0.473. The van der Waals surface area contributed by atoms with Crippen LogP contribution in [0.5, 0.6) is 0 Å². The van der Waals surface area contributed by atoms with Gasteiger partial charge in [0.25, 0.3) is 5.91 Å². The average Bonchev–Trinajstić information content (AvgIpc) is 3.22. The van der Waals surface area contributed by atoms with E-state index in [9.17, 15) is 9.59 Å². The molecule has 36 heavy (non-hydrogen) atoms. The van der Waals surface area contributed by atoms with Crippen LogP contribution >= 0.6 is 35.6 Å². The fourth-order valence-electron chi connectivity index (χ4n) is 4.35. The predicted octanol–water partition coefficient (Wildman–Crippen LogP) is 3.57. The molecule has 0 saturated carbocycles. The van der Waals surface area contributed by atoms with Crippen molar-refractivity contribution >= 4 is 57.5 Å². The molecule has 1 amide bonds. The summed E-state index contributed by atoms with van der Waals surface area (Å²) in [6.07, 6.45) is 5.60. The number of thioether (sulfide) groups is 1. The minimum absolute atomic E-state index is 0.0272. The third-order valence-electron chi connectivity index (χ3n) is 6.15. The van der Waals surface area contributed by atoms with Crippen LogP contribution in [0.3, 0.4) is 0 Å². The fourth-order valence-corrected chi connectivity index (χ4v) is 5.66. The summed E-state index contributed by atoms with van der Waals surface area (Å²) in [5, 5.41) is 6.67. The molecular formula is C25H23ClN6O2S2. The maximum atomic E-state index is 12.5. The Morgan fingerprint density at radius 1 is 1.08 bits per heavy atom. The van der Waals surface area contributed by atoms with Gasteiger partial charge in [0, 0.05) is 29.4 Å². The zero-order chi connectivity index (χ0) is 25.1. The summed E-state index contributed by atoms with van der Waals surface area (Å²) < 4.78 is 0. The van der Waals surface area contributed by atoms with E-state index in [-0.39, 0.29) is 27.7 Å². The highest BCUT2D eigenvalue weighted by molar-refractivity contribution is 8.14. The smallest absolute Gasteiger partial charge is 0.253 e. The number of carbonyl (C=O) groups excluding carboxylic acids is 2. The molecular weight excluding hydrogens is 516 g/mol. The van der Waals surface area contributed by atoms with Gasteiger partial charge in [0.05, 0.1) is 22.7 Å². The Bertz CT molecular complexity index is 1290. The van der Waals surface area contributed by atoms with Crippen molar-refractivity contribution in [2.24, 2.45) is 0 Å². The molecule has 1 saturated heterocycles. The van der Waals surface area contributed by atoms with Gasteiger partial charge in [-0.1, -0.05) is 53.7 Å². The molecule has 4 N–H and O–H groups in total. The van der Waals surface area contributed by atoms with Crippen molar-refractivity contribution in [3.05, 3.63) is 87.8 Å². The largest absolute Gasteiger partial charge is 0.350 e. The number of thiocarbonyl (C=S) groups is 1. The number of aromatic nitrogens is 2. The summed E-state index contributed by atoms with van der Waals surface area (Å²) in [5.41, 5.74) is 10.6. The van der Waals surface area contributed by atoms with Crippen LogP contribution in [0, 0.1) is 0 Å². The minimum Gasteiger partial charge on any atom is -0.350 e. The molecule has 3 heterocycles. The van der Waals surface area contributed by atoms with E-state index in [1.807, 2.05) is 24.4 Å². The Balaban J connectivity index is 1.25. The summed E-state index contributed by atoms with van der Waals surface area (Å²) in [5.74, 6) is 0.634. The van der Waals surface area contributed by atoms with Gasteiger partial charge in [0.2, 0.25) is 5.12 Å². The molecule has 1 aliphatic heterocycles. The number of anilines is 1. The van der Waals surface area contributed by atoms with E-state index in [1.54, 1.807) is 0 Å². The van der Waals surface area contributed by atoms with Gasteiger partial charge >= 0.3 is 0 Å². The van der Waals surface area contributed by atoms with Crippen LogP contribution in [0.4, 0.5) is 5.82 Å². The number of carbonyl (C=O) groups is 2. The SMILES string of the molecule is O=C(N[C@@H]1CCSC1=O)c1cnc(NNC(=S)NC2c3ccccc3CCc3ncccc32)c(Cl)c1. The number of hydrogen-bond acceptors (Lipinski definition) is 7. The molecule has 0 spiro atoms. The third-order valence-corrected chi connectivity index (χ3v) is 7.66. The van der Waals surface area contributed by atoms with Crippen LogP contribution in [0.2, 0.25) is 5.02 Å². The number of halogens is 1. The Hall–Kier alpha value is -3.21. The van der Waals surface area contributed by atoms with Crippen LogP contribution in [-0.4, -0.2) is 37.9 Å². The monoisotopic (exact) mass is 538 g/mol. The van der Waals surface area contributed by atoms with Gasteiger partial charge in [-0.2, -0.15) is 0 Å². The molecule has 5 rings (SSSR count). The highest BCUT2D eigenvalue weighted by atomic mass is 35.5. The first kappa shape index (κ1) is 24.5. The number of nitrogens with zero attached hydrogens (tertiary/aromatic N) is 2. The molecule has 11 heteroatoms. The van der Waals surface area contributed by atoms with E-state index in [0.29, 0.717) is 23.1 Å². The number of rotatable bonds is 5. The lowest BCUT2D eigenvalue weighted by Crippen LogP contribution is -2.41. The van der Waals surface area contributed by atoms with Crippen molar-refractivity contribution in [1.82, 2.24) is 26.0 Å². The first-order valence-corrected chi connectivity index (χ1v) is 13.2. The summed E-state index contributed by atoms with van der Waals surface area (Å²) in [6.45, 7) is 0. The van der Waals surface area contributed by atoms with E-state index in [1.165, 1.54) is 29.6 Å². The lowest BCUT2D eigenvalue weighted by Gasteiger charge is -2.23. The van der Waals surface area contributed by atoms with Gasteiger partial charge < -0.3 is 10.6 Å². The lowest BCUT2D eigenvalue weighted by molar-refractivity contribution is -0.112. The first-order valence-electron chi connectivity index (χ1n) is 11.5. The van der Waals surface area contributed by atoms with Gasteiger partial charge in [-0.25, -0.2) is 4.98 Å². The van der Waals surface area contributed by atoms with Crippen LogP contribution in [-0.2, 0) is 17.6 Å². The predicted molar refractivity (Wildman–Crippen MR) is 145 cm³/mol. The van der Waals surface area contributed by atoms with Crippen molar-refractivity contribution in [3.8, 4) is 0 Å². The Kier molecular flexibility index (Phi) is 7.35. The zero-order valence-corrected chi connectivity index (χ0v) is 21.5. The molecule has 0 radical (unpaired) electrons.